The molecular weight excluding hydrogens is 444 g/mol. The fraction of sp³-hybridized carbons (Fsp3) is 0.174. The monoisotopic (exact) mass is 468 g/mol. The number of carbonyl (C=O) groups is 1. The van der Waals surface area contributed by atoms with Crippen molar-refractivity contribution in [3.05, 3.63) is 101 Å². The predicted molar refractivity (Wildman–Crippen MR) is 126 cm³/mol. The predicted octanol–water partition coefficient (Wildman–Crippen LogP) is 2.18. The molecule has 3 aromatic rings. The third-order valence-corrected chi connectivity index (χ3v) is 5.75. The van der Waals surface area contributed by atoms with Crippen LogP contribution in [0.15, 0.2) is 84.2 Å². The van der Waals surface area contributed by atoms with E-state index in [1.165, 1.54) is 22.9 Å². The van der Waals surface area contributed by atoms with Crippen molar-refractivity contribution in [2.24, 2.45) is 0 Å². The van der Waals surface area contributed by atoms with Gasteiger partial charge in [0.25, 0.3) is 11.5 Å². The second-order valence-electron chi connectivity index (χ2n) is 6.99. The highest BCUT2D eigenvalue weighted by molar-refractivity contribution is 7.88. The van der Waals surface area contributed by atoms with Crippen molar-refractivity contribution in [1.82, 2.24) is 14.5 Å². The lowest BCUT2D eigenvalue weighted by molar-refractivity contribution is 0.101. The van der Waals surface area contributed by atoms with E-state index in [0.717, 1.165) is 0 Å². The summed E-state index contributed by atoms with van der Waals surface area (Å²) in [6, 6.07) is 18.2. The summed E-state index contributed by atoms with van der Waals surface area (Å²) in [6.07, 6.45) is 1.46. The minimum atomic E-state index is -3.47. The Kier molecular flexibility index (Phi) is 8.11. The first-order valence-electron chi connectivity index (χ1n) is 10.1. The Morgan fingerprint density at radius 3 is 2.48 bits per heavy atom. The highest BCUT2D eigenvalue weighted by atomic mass is 32.2. The third kappa shape index (κ3) is 7.41. The van der Waals surface area contributed by atoms with E-state index in [9.17, 15) is 18.0 Å². The van der Waals surface area contributed by atoms with Crippen LogP contribution >= 0.6 is 0 Å². The summed E-state index contributed by atoms with van der Waals surface area (Å²) in [5.74, 6) is -0.0139. The Labute approximate surface area is 191 Å². The Hall–Kier alpha value is -3.76. The number of ether oxygens (including phenoxy) is 1. The Bertz CT molecular complexity index is 1260. The van der Waals surface area contributed by atoms with Crippen molar-refractivity contribution < 1.29 is 17.9 Å². The van der Waals surface area contributed by atoms with Gasteiger partial charge in [-0.25, -0.2) is 17.8 Å². The van der Waals surface area contributed by atoms with Gasteiger partial charge in [-0.05, 0) is 35.9 Å². The topological polar surface area (TPSA) is 119 Å². The minimum absolute atomic E-state index is 0.0644. The third-order valence-electron chi connectivity index (χ3n) is 4.43. The molecule has 1 aromatic heterocycles. The molecule has 0 fully saturated rings. The van der Waals surface area contributed by atoms with Crippen LogP contribution in [0.2, 0.25) is 0 Å². The second-order valence-corrected chi connectivity index (χ2v) is 8.80. The zero-order valence-corrected chi connectivity index (χ0v) is 18.6. The van der Waals surface area contributed by atoms with Gasteiger partial charge in [-0.2, -0.15) is 5.10 Å². The van der Waals surface area contributed by atoms with E-state index in [4.69, 9.17) is 4.74 Å². The van der Waals surface area contributed by atoms with Crippen LogP contribution in [-0.4, -0.2) is 37.3 Å². The summed E-state index contributed by atoms with van der Waals surface area (Å²) >= 11 is 0. The number of sulfonamides is 1. The van der Waals surface area contributed by atoms with Gasteiger partial charge in [0, 0.05) is 18.3 Å². The van der Waals surface area contributed by atoms with Crippen LogP contribution < -0.4 is 20.3 Å². The van der Waals surface area contributed by atoms with Crippen LogP contribution in [0.3, 0.4) is 0 Å². The number of anilines is 1. The molecule has 2 N–H and O–H groups in total. The molecule has 1 amide bonds. The average Bonchev–Trinajstić information content (AvgIpc) is 2.81. The van der Waals surface area contributed by atoms with Crippen LogP contribution in [0.4, 0.5) is 5.69 Å². The molecule has 3 rings (SSSR count). The quantitative estimate of drug-likeness (QED) is 0.416. The summed E-state index contributed by atoms with van der Waals surface area (Å²) in [7, 11) is -3.47. The summed E-state index contributed by atoms with van der Waals surface area (Å²) < 4.78 is 33.0. The number of rotatable bonds is 11. The molecule has 0 aliphatic rings. The summed E-state index contributed by atoms with van der Waals surface area (Å²) in [5.41, 5.74) is 0.746. The number of para-hydroxylation sites is 1. The SMILES string of the molecule is C=CCNS(=O)(=O)Cc1ccc(NC(=O)c2ccc(=O)n(CCOc3ccccc3)n2)cc1. The number of benzene rings is 2. The second kappa shape index (κ2) is 11.2. The average molecular weight is 469 g/mol. The zero-order valence-electron chi connectivity index (χ0n) is 17.8. The van der Waals surface area contributed by atoms with Crippen LogP contribution in [0, 0.1) is 0 Å². The normalized spacial score (nSPS) is 11.0. The van der Waals surface area contributed by atoms with E-state index in [0.29, 0.717) is 17.0 Å². The standard InChI is InChI=1S/C23H24N4O5S/c1-2-14-24-33(30,31)17-18-8-10-19(11-9-18)25-23(29)21-12-13-22(28)27(26-21)15-16-32-20-6-4-3-5-7-20/h2-13,24H,1,14-17H2,(H,25,29). The van der Waals surface area contributed by atoms with Crippen molar-refractivity contribution in [3.8, 4) is 5.75 Å². The highest BCUT2D eigenvalue weighted by Gasteiger charge is 2.12. The van der Waals surface area contributed by atoms with Gasteiger partial charge in [0.1, 0.15) is 18.1 Å². The van der Waals surface area contributed by atoms with E-state index in [2.05, 4.69) is 21.7 Å². The molecule has 33 heavy (non-hydrogen) atoms. The molecule has 10 heteroatoms. The summed E-state index contributed by atoms with van der Waals surface area (Å²) in [6.45, 7) is 4.03. The molecule has 0 aliphatic heterocycles. The van der Waals surface area contributed by atoms with Crippen LogP contribution in [0.25, 0.3) is 0 Å². The lowest BCUT2D eigenvalue weighted by atomic mass is 10.2. The lowest BCUT2D eigenvalue weighted by Crippen LogP contribution is -2.28. The molecule has 2 aromatic carbocycles. The van der Waals surface area contributed by atoms with Gasteiger partial charge in [0.2, 0.25) is 10.0 Å². The zero-order chi connectivity index (χ0) is 23.7. The molecule has 0 spiro atoms. The molecule has 0 unspecified atom stereocenters. The van der Waals surface area contributed by atoms with Crippen molar-refractivity contribution in [3.63, 3.8) is 0 Å². The Balaban J connectivity index is 1.60. The fourth-order valence-corrected chi connectivity index (χ4v) is 3.94. The van der Waals surface area contributed by atoms with E-state index < -0.39 is 15.9 Å². The molecule has 0 radical (unpaired) electrons. The van der Waals surface area contributed by atoms with Crippen molar-refractivity contribution in [2.75, 3.05) is 18.5 Å². The summed E-state index contributed by atoms with van der Waals surface area (Å²) in [4.78, 5) is 24.6. The molecule has 9 nitrogen and oxygen atoms in total. The van der Waals surface area contributed by atoms with E-state index >= 15 is 0 Å². The largest absolute Gasteiger partial charge is 0.492 e. The van der Waals surface area contributed by atoms with Gasteiger partial charge in [-0.15, -0.1) is 6.58 Å². The molecular formula is C23H24N4O5S. The van der Waals surface area contributed by atoms with Crippen molar-refractivity contribution >= 4 is 21.6 Å². The minimum Gasteiger partial charge on any atom is -0.492 e. The first-order chi connectivity index (χ1) is 15.9. The number of carbonyl (C=O) groups excluding carboxylic acids is 1. The van der Waals surface area contributed by atoms with Crippen LogP contribution in [-0.2, 0) is 22.3 Å². The molecule has 0 atom stereocenters. The van der Waals surface area contributed by atoms with Crippen molar-refractivity contribution in [1.29, 1.82) is 0 Å². The van der Waals surface area contributed by atoms with E-state index in [-0.39, 0.29) is 36.7 Å². The molecule has 1 heterocycles. The number of amides is 1. The van der Waals surface area contributed by atoms with Crippen LogP contribution in [0.1, 0.15) is 16.1 Å². The maximum absolute atomic E-state index is 12.6. The van der Waals surface area contributed by atoms with Crippen molar-refractivity contribution in [2.45, 2.75) is 12.3 Å². The molecule has 0 saturated heterocycles. The summed E-state index contributed by atoms with van der Waals surface area (Å²) in [5, 5.41) is 6.80. The maximum Gasteiger partial charge on any atom is 0.276 e. The number of nitrogens with one attached hydrogen (secondary N) is 2. The lowest BCUT2D eigenvalue weighted by Gasteiger charge is -2.10. The molecule has 0 aliphatic carbocycles. The first-order valence-corrected chi connectivity index (χ1v) is 11.8. The molecule has 0 bridgehead atoms. The number of nitrogens with zero attached hydrogens (tertiary/aromatic N) is 2. The van der Waals surface area contributed by atoms with Gasteiger partial charge in [-0.3, -0.25) is 9.59 Å². The van der Waals surface area contributed by atoms with Gasteiger partial charge in [-0.1, -0.05) is 36.4 Å². The maximum atomic E-state index is 12.6. The van der Waals surface area contributed by atoms with Gasteiger partial charge >= 0.3 is 0 Å². The van der Waals surface area contributed by atoms with E-state index in [1.54, 1.807) is 36.4 Å². The smallest absolute Gasteiger partial charge is 0.276 e. The molecule has 0 saturated carbocycles. The highest BCUT2D eigenvalue weighted by Crippen LogP contribution is 2.13. The van der Waals surface area contributed by atoms with Gasteiger partial charge in [0.05, 0.1) is 12.3 Å². The molecule has 172 valence electrons. The number of aromatic nitrogens is 2. The Morgan fingerprint density at radius 2 is 1.79 bits per heavy atom. The van der Waals surface area contributed by atoms with Gasteiger partial charge < -0.3 is 10.1 Å². The first kappa shape index (κ1) is 23.9. The number of hydrogen-bond donors (Lipinski definition) is 2. The van der Waals surface area contributed by atoms with Crippen LogP contribution in [0.5, 0.6) is 5.75 Å². The fourth-order valence-electron chi connectivity index (χ4n) is 2.83. The van der Waals surface area contributed by atoms with Gasteiger partial charge in [0.15, 0.2) is 0 Å². The van der Waals surface area contributed by atoms with E-state index in [1.807, 2.05) is 18.2 Å². The Morgan fingerprint density at radius 1 is 1.06 bits per heavy atom. The number of hydrogen-bond acceptors (Lipinski definition) is 6.